The van der Waals surface area contributed by atoms with Gasteiger partial charge in [-0.15, -0.1) is 0 Å². The summed E-state index contributed by atoms with van der Waals surface area (Å²) in [5, 5.41) is 7.58. The van der Waals surface area contributed by atoms with Crippen molar-refractivity contribution >= 4 is 0 Å². The number of hydrazine groups is 1. The average molecular weight is 141 g/mol. The first-order chi connectivity index (χ1) is 4.73. The minimum Gasteiger partial charge on any atom is -0.265 e. The Bertz CT molecular complexity index is 147. The Kier molecular flexibility index (Phi) is 4.58. The van der Waals surface area contributed by atoms with Crippen molar-refractivity contribution in [2.75, 3.05) is 0 Å². The molecule has 0 bridgehead atoms. The summed E-state index contributed by atoms with van der Waals surface area (Å²) >= 11 is 0. The first-order valence-electron chi connectivity index (χ1n) is 2.47. The molecule has 0 radical (unpaired) electrons. The number of pyridine rings is 1. The van der Waals surface area contributed by atoms with Gasteiger partial charge < -0.3 is 0 Å². The highest BCUT2D eigenvalue weighted by molar-refractivity contribution is 4.88. The van der Waals surface area contributed by atoms with Gasteiger partial charge in [0.05, 0.1) is 0 Å². The molecule has 0 fully saturated rings. The SMILES string of the molecule is N[N+](=O)[O-].c1ccncc1. The zero-order valence-electron chi connectivity index (χ0n) is 5.18. The van der Waals surface area contributed by atoms with Crippen molar-refractivity contribution < 1.29 is 5.03 Å². The number of nitrogens with zero attached hydrogens (tertiary/aromatic N) is 2. The monoisotopic (exact) mass is 141 g/mol. The van der Waals surface area contributed by atoms with E-state index in [9.17, 15) is 0 Å². The molecule has 0 aliphatic carbocycles. The Hall–Kier alpha value is -1.65. The lowest BCUT2D eigenvalue weighted by Gasteiger charge is -1.70. The summed E-state index contributed by atoms with van der Waals surface area (Å²) in [6, 6.07) is 5.72. The fourth-order valence-electron chi connectivity index (χ4n) is 0.313. The van der Waals surface area contributed by atoms with E-state index in [0.29, 0.717) is 0 Å². The van der Waals surface area contributed by atoms with Crippen LogP contribution < -0.4 is 5.84 Å². The van der Waals surface area contributed by atoms with E-state index in [4.69, 9.17) is 10.1 Å². The second-order valence-corrected chi connectivity index (χ2v) is 1.31. The van der Waals surface area contributed by atoms with Gasteiger partial charge in [0.15, 0.2) is 5.03 Å². The van der Waals surface area contributed by atoms with E-state index < -0.39 is 5.03 Å². The van der Waals surface area contributed by atoms with Crippen LogP contribution >= 0.6 is 0 Å². The van der Waals surface area contributed by atoms with Crippen LogP contribution in [0.25, 0.3) is 0 Å². The largest absolute Gasteiger partial charge is 0.265 e. The second-order valence-electron chi connectivity index (χ2n) is 1.31. The maximum Gasteiger partial charge on any atom is 0.154 e. The summed E-state index contributed by atoms with van der Waals surface area (Å²) in [7, 11) is 0. The van der Waals surface area contributed by atoms with Gasteiger partial charge in [-0.2, -0.15) is 5.84 Å². The Morgan fingerprint density at radius 2 is 1.70 bits per heavy atom. The molecule has 0 amide bonds. The zero-order valence-corrected chi connectivity index (χ0v) is 5.18. The highest BCUT2D eigenvalue weighted by atomic mass is 16.7. The average Bonchev–Trinajstić information content (AvgIpc) is 1.90. The van der Waals surface area contributed by atoms with Crippen molar-refractivity contribution in [3.05, 3.63) is 40.7 Å². The Morgan fingerprint density at radius 3 is 1.80 bits per heavy atom. The van der Waals surface area contributed by atoms with Gasteiger partial charge >= 0.3 is 0 Å². The van der Waals surface area contributed by atoms with Gasteiger partial charge in [0.25, 0.3) is 0 Å². The molecule has 0 saturated heterocycles. The van der Waals surface area contributed by atoms with E-state index in [1.165, 1.54) is 0 Å². The van der Waals surface area contributed by atoms with Crippen molar-refractivity contribution in [2.24, 2.45) is 5.84 Å². The first-order valence-corrected chi connectivity index (χ1v) is 2.47. The molecule has 1 rings (SSSR count). The molecular weight excluding hydrogens is 134 g/mol. The van der Waals surface area contributed by atoms with Gasteiger partial charge in [0, 0.05) is 12.4 Å². The number of nitrogens with two attached hydrogens (primary N) is 1. The first kappa shape index (κ1) is 8.35. The molecule has 0 saturated carbocycles. The molecule has 0 aliphatic rings. The van der Waals surface area contributed by atoms with Crippen molar-refractivity contribution in [1.29, 1.82) is 0 Å². The van der Waals surface area contributed by atoms with Crippen LogP contribution in [0.2, 0.25) is 0 Å². The number of aromatic nitrogens is 1. The number of nitro groups is 1. The van der Waals surface area contributed by atoms with Gasteiger partial charge in [-0.25, -0.2) is 10.1 Å². The topological polar surface area (TPSA) is 82.0 Å². The number of hydrogen-bond donors (Lipinski definition) is 1. The van der Waals surface area contributed by atoms with Crippen LogP contribution in [-0.2, 0) is 0 Å². The minimum absolute atomic E-state index is 1.00. The van der Waals surface area contributed by atoms with Gasteiger partial charge in [-0.3, -0.25) is 4.98 Å². The quantitative estimate of drug-likeness (QED) is 0.318. The van der Waals surface area contributed by atoms with E-state index in [0.717, 1.165) is 0 Å². The van der Waals surface area contributed by atoms with Crippen LogP contribution in [0.4, 0.5) is 0 Å². The maximum absolute atomic E-state index is 8.58. The van der Waals surface area contributed by atoms with Crippen LogP contribution in [0.15, 0.2) is 30.6 Å². The molecule has 10 heavy (non-hydrogen) atoms. The van der Waals surface area contributed by atoms with Crippen LogP contribution in [0.5, 0.6) is 0 Å². The fraction of sp³-hybridized carbons (Fsp3) is 0. The number of hydrogen-bond acceptors (Lipinski definition) is 3. The molecule has 5 heteroatoms. The third-order valence-electron chi connectivity index (χ3n) is 0.566. The normalized spacial score (nSPS) is 7.20. The Labute approximate surface area is 57.6 Å². The zero-order chi connectivity index (χ0) is 7.82. The highest BCUT2D eigenvalue weighted by Crippen LogP contribution is 1.73. The molecule has 0 unspecified atom stereocenters. The lowest BCUT2D eigenvalue weighted by molar-refractivity contribution is -0.491. The lowest BCUT2D eigenvalue weighted by Crippen LogP contribution is -2.04. The molecule has 0 aromatic carbocycles. The van der Waals surface area contributed by atoms with Gasteiger partial charge in [0.2, 0.25) is 0 Å². The summed E-state index contributed by atoms with van der Waals surface area (Å²) < 4.78 is 0. The Balaban J connectivity index is 0.000000180. The molecule has 0 spiro atoms. The van der Waals surface area contributed by atoms with Crippen LogP contribution in [0.3, 0.4) is 0 Å². The molecular formula is C5H7N3O2. The molecule has 54 valence electrons. The summed E-state index contributed by atoms with van der Waals surface area (Å²) in [5.74, 6) is 3.83. The van der Waals surface area contributed by atoms with Crippen molar-refractivity contribution in [3.8, 4) is 0 Å². The third-order valence-corrected chi connectivity index (χ3v) is 0.566. The lowest BCUT2D eigenvalue weighted by atomic mass is 10.5. The fourth-order valence-corrected chi connectivity index (χ4v) is 0.313. The Morgan fingerprint density at radius 1 is 1.30 bits per heavy atom. The summed E-state index contributed by atoms with van der Waals surface area (Å²) in [4.78, 5) is 12.4. The molecule has 0 aliphatic heterocycles. The smallest absolute Gasteiger partial charge is 0.154 e. The van der Waals surface area contributed by atoms with Crippen molar-refractivity contribution in [3.63, 3.8) is 0 Å². The van der Waals surface area contributed by atoms with Crippen molar-refractivity contribution in [2.45, 2.75) is 0 Å². The van der Waals surface area contributed by atoms with Gasteiger partial charge in [0.1, 0.15) is 0 Å². The second kappa shape index (κ2) is 5.49. The van der Waals surface area contributed by atoms with E-state index >= 15 is 0 Å². The van der Waals surface area contributed by atoms with Crippen LogP contribution in [-0.4, -0.2) is 10.0 Å². The van der Waals surface area contributed by atoms with Crippen LogP contribution in [0, 0.1) is 10.1 Å². The third kappa shape index (κ3) is 9.61. The van der Waals surface area contributed by atoms with Gasteiger partial charge in [-0.05, 0) is 12.1 Å². The summed E-state index contributed by atoms with van der Waals surface area (Å²) in [6.45, 7) is 0. The molecule has 1 aromatic rings. The van der Waals surface area contributed by atoms with E-state index in [1.807, 2.05) is 18.2 Å². The van der Waals surface area contributed by atoms with Crippen molar-refractivity contribution in [1.82, 2.24) is 4.98 Å². The van der Waals surface area contributed by atoms with E-state index in [2.05, 4.69) is 10.8 Å². The van der Waals surface area contributed by atoms with Gasteiger partial charge in [-0.1, -0.05) is 6.07 Å². The van der Waals surface area contributed by atoms with E-state index in [1.54, 1.807) is 12.4 Å². The molecule has 1 aromatic heterocycles. The molecule has 2 N–H and O–H groups in total. The highest BCUT2D eigenvalue weighted by Gasteiger charge is 1.58. The predicted molar refractivity (Wildman–Crippen MR) is 35.4 cm³/mol. The molecule has 1 heterocycles. The van der Waals surface area contributed by atoms with E-state index in [-0.39, 0.29) is 0 Å². The van der Waals surface area contributed by atoms with Crippen LogP contribution in [0.1, 0.15) is 0 Å². The number of rotatable bonds is 0. The standard InChI is InChI=1S/C5H5N.H2N2O2/c1-2-4-6-5-3-1;1-2(3)4/h1-5H;1H2. The minimum atomic E-state index is -1.00. The summed E-state index contributed by atoms with van der Waals surface area (Å²) in [5.41, 5.74) is 0. The maximum atomic E-state index is 8.58. The summed E-state index contributed by atoms with van der Waals surface area (Å²) in [6.07, 6.45) is 3.50. The molecule has 0 atom stereocenters. The predicted octanol–water partition coefficient (Wildman–Crippen LogP) is 0.218. The molecule has 5 nitrogen and oxygen atoms in total.